The minimum atomic E-state index is 0.342. The lowest BCUT2D eigenvalue weighted by molar-refractivity contribution is 0.450. The summed E-state index contributed by atoms with van der Waals surface area (Å²) < 4.78 is 0. The summed E-state index contributed by atoms with van der Waals surface area (Å²) in [5.74, 6) is 0.831. The molecular weight excluding hydrogens is 160 g/mol. The molecular formula is C11H28N2. The Balaban J connectivity index is 0. The third-order valence-electron chi connectivity index (χ3n) is 2.19. The fourth-order valence-electron chi connectivity index (χ4n) is 1.07. The maximum Gasteiger partial charge on any atom is 0.0165 e. The Morgan fingerprint density at radius 2 is 1.77 bits per heavy atom. The minimum Gasteiger partial charge on any atom is -0.327 e. The molecule has 2 heteroatoms. The van der Waals surface area contributed by atoms with Gasteiger partial charge in [-0.15, -0.1) is 0 Å². The monoisotopic (exact) mass is 188 g/mol. The van der Waals surface area contributed by atoms with Crippen LogP contribution in [0.1, 0.15) is 47.0 Å². The third kappa shape index (κ3) is 11.9. The second kappa shape index (κ2) is 11.9. The van der Waals surface area contributed by atoms with Crippen LogP contribution in [0.4, 0.5) is 0 Å². The largest absolute Gasteiger partial charge is 0.327 e. The van der Waals surface area contributed by atoms with E-state index in [0.717, 1.165) is 18.9 Å². The van der Waals surface area contributed by atoms with Crippen molar-refractivity contribution in [3.63, 3.8) is 0 Å². The highest BCUT2D eigenvalue weighted by atomic mass is 14.9. The van der Waals surface area contributed by atoms with Crippen molar-refractivity contribution in [1.82, 2.24) is 5.32 Å². The lowest BCUT2D eigenvalue weighted by Gasteiger charge is -2.13. The number of likely N-dealkylation sites (N-methyl/N-ethyl adjacent to an activating group) is 1. The molecule has 0 aliphatic rings. The van der Waals surface area contributed by atoms with E-state index in [9.17, 15) is 0 Å². The second-order valence-corrected chi connectivity index (χ2v) is 3.41. The number of hydrogen-bond acceptors (Lipinski definition) is 2. The van der Waals surface area contributed by atoms with Crippen molar-refractivity contribution >= 4 is 0 Å². The van der Waals surface area contributed by atoms with E-state index in [4.69, 9.17) is 5.73 Å². The standard InChI is InChI=1S/C9H22N2.C2H6/c1-4-8(2)5-6-9(10)7-11-3;1-2/h8-9,11H,4-7,10H2,1-3H3;1-2H3. The first-order valence-electron chi connectivity index (χ1n) is 5.60. The van der Waals surface area contributed by atoms with Crippen molar-refractivity contribution in [2.45, 2.75) is 53.0 Å². The van der Waals surface area contributed by atoms with Crippen molar-refractivity contribution < 1.29 is 0 Å². The van der Waals surface area contributed by atoms with E-state index in [1.807, 2.05) is 20.9 Å². The summed E-state index contributed by atoms with van der Waals surface area (Å²) in [6.45, 7) is 9.46. The summed E-state index contributed by atoms with van der Waals surface area (Å²) in [4.78, 5) is 0. The third-order valence-corrected chi connectivity index (χ3v) is 2.19. The van der Waals surface area contributed by atoms with Crippen LogP contribution in [0.5, 0.6) is 0 Å². The van der Waals surface area contributed by atoms with Gasteiger partial charge in [-0.05, 0) is 25.8 Å². The van der Waals surface area contributed by atoms with E-state index in [1.54, 1.807) is 0 Å². The van der Waals surface area contributed by atoms with Gasteiger partial charge in [0.05, 0.1) is 0 Å². The molecule has 0 saturated carbocycles. The molecule has 0 amide bonds. The minimum absolute atomic E-state index is 0.342. The predicted molar refractivity (Wildman–Crippen MR) is 61.9 cm³/mol. The van der Waals surface area contributed by atoms with E-state index in [2.05, 4.69) is 19.2 Å². The van der Waals surface area contributed by atoms with Gasteiger partial charge in [0.25, 0.3) is 0 Å². The molecule has 0 aromatic carbocycles. The van der Waals surface area contributed by atoms with Crippen LogP contribution in [0.2, 0.25) is 0 Å². The van der Waals surface area contributed by atoms with Gasteiger partial charge in [-0.2, -0.15) is 0 Å². The molecule has 0 bridgehead atoms. The summed E-state index contributed by atoms with van der Waals surface area (Å²) in [6, 6.07) is 0.342. The quantitative estimate of drug-likeness (QED) is 0.671. The van der Waals surface area contributed by atoms with Gasteiger partial charge in [0.15, 0.2) is 0 Å². The van der Waals surface area contributed by atoms with E-state index >= 15 is 0 Å². The summed E-state index contributed by atoms with van der Waals surface area (Å²) in [5.41, 5.74) is 5.82. The zero-order valence-electron chi connectivity index (χ0n) is 10.1. The number of hydrogen-bond donors (Lipinski definition) is 2. The van der Waals surface area contributed by atoms with Crippen LogP contribution in [0, 0.1) is 5.92 Å². The van der Waals surface area contributed by atoms with Crippen LogP contribution >= 0.6 is 0 Å². The highest BCUT2D eigenvalue weighted by Crippen LogP contribution is 2.09. The van der Waals surface area contributed by atoms with Gasteiger partial charge in [-0.25, -0.2) is 0 Å². The lowest BCUT2D eigenvalue weighted by atomic mass is 10.00. The van der Waals surface area contributed by atoms with E-state index in [0.29, 0.717) is 6.04 Å². The van der Waals surface area contributed by atoms with Crippen molar-refractivity contribution in [1.29, 1.82) is 0 Å². The summed E-state index contributed by atoms with van der Waals surface area (Å²) in [5, 5.41) is 3.08. The van der Waals surface area contributed by atoms with Crippen LogP contribution in [0.15, 0.2) is 0 Å². The smallest absolute Gasteiger partial charge is 0.0165 e. The number of nitrogens with one attached hydrogen (secondary N) is 1. The highest BCUT2D eigenvalue weighted by molar-refractivity contribution is 4.64. The molecule has 0 aliphatic carbocycles. The van der Waals surface area contributed by atoms with Gasteiger partial charge in [-0.3, -0.25) is 0 Å². The predicted octanol–water partition coefficient (Wildman–Crippen LogP) is 2.39. The Bertz CT molecular complexity index is 84.2. The van der Waals surface area contributed by atoms with Gasteiger partial charge in [0.1, 0.15) is 0 Å². The molecule has 82 valence electrons. The van der Waals surface area contributed by atoms with Crippen LogP contribution in [0.3, 0.4) is 0 Å². The molecule has 0 rings (SSSR count). The zero-order valence-corrected chi connectivity index (χ0v) is 10.1. The molecule has 13 heavy (non-hydrogen) atoms. The maximum atomic E-state index is 5.82. The Morgan fingerprint density at radius 1 is 1.23 bits per heavy atom. The van der Waals surface area contributed by atoms with Crippen molar-refractivity contribution in [3.8, 4) is 0 Å². The van der Waals surface area contributed by atoms with Crippen LogP contribution < -0.4 is 11.1 Å². The molecule has 0 fully saturated rings. The Labute approximate surface area is 84.3 Å². The number of nitrogens with two attached hydrogens (primary N) is 1. The molecule has 0 heterocycles. The highest BCUT2D eigenvalue weighted by Gasteiger charge is 2.03. The average molecular weight is 188 g/mol. The van der Waals surface area contributed by atoms with E-state index < -0.39 is 0 Å². The zero-order chi connectivity index (χ0) is 10.7. The topological polar surface area (TPSA) is 38.0 Å². The summed E-state index contributed by atoms with van der Waals surface area (Å²) in [7, 11) is 1.95. The first-order chi connectivity index (χ1) is 6.20. The van der Waals surface area contributed by atoms with Crippen LogP contribution in [0.25, 0.3) is 0 Å². The van der Waals surface area contributed by atoms with Crippen LogP contribution in [-0.4, -0.2) is 19.6 Å². The molecule has 0 saturated heterocycles. The summed E-state index contributed by atoms with van der Waals surface area (Å²) >= 11 is 0. The molecule has 0 aromatic heterocycles. The van der Waals surface area contributed by atoms with Gasteiger partial charge < -0.3 is 11.1 Å². The lowest BCUT2D eigenvalue weighted by Crippen LogP contribution is -2.32. The van der Waals surface area contributed by atoms with Gasteiger partial charge in [-0.1, -0.05) is 34.1 Å². The average Bonchev–Trinajstić information content (AvgIpc) is 2.18. The van der Waals surface area contributed by atoms with Crippen molar-refractivity contribution in [3.05, 3.63) is 0 Å². The molecule has 2 nitrogen and oxygen atoms in total. The summed E-state index contributed by atoms with van der Waals surface area (Å²) in [6.07, 6.45) is 3.68. The van der Waals surface area contributed by atoms with E-state index in [-0.39, 0.29) is 0 Å². The molecule has 3 N–H and O–H groups in total. The normalized spacial score (nSPS) is 14.3. The van der Waals surface area contributed by atoms with Crippen molar-refractivity contribution in [2.24, 2.45) is 11.7 Å². The first-order valence-corrected chi connectivity index (χ1v) is 5.60. The fourth-order valence-corrected chi connectivity index (χ4v) is 1.07. The van der Waals surface area contributed by atoms with Crippen molar-refractivity contribution in [2.75, 3.05) is 13.6 Å². The molecule has 2 unspecified atom stereocenters. The Hall–Kier alpha value is -0.0800. The molecule has 0 aromatic rings. The van der Waals surface area contributed by atoms with Gasteiger partial charge in [0, 0.05) is 12.6 Å². The Kier molecular flexibility index (Phi) is 14.1. The second-order valence-electron chi connectivity index (χ2n) is 3.41. The Morgan fingerprint density at radius 3 is 2.15 bits per heavy atom. The van der Waals surface area contributed by atoms with Gasteiger partial charge in [0.2, 0.25) is 0 Å². The van der Waals surface area contributed by atoms with E-state index in [1.165, 1.54) is 12.8 Å². The number of rotatable bonds is 6. The molecule has 2 atom stereocenters. The SMILES string of the molecule is CC.CCC(C)CCC(N)CNC. The molecule has 0 aliphatic heterocycles. The van der Waals surface area contributed by atoms with Gasteiger partial charge >= 0.3 is 0 Å². The van der Waals surface area contributed by atoms with Crippen LogP contribution in [-0.2, 0) is 0 Å². The molecule has 0 radical (unpaired) electrons. The first kappa shape index (κ1) is 15.4. The fraction of sp³-hybridized carbons (Fsp3) is 1.00. The maximum absolute atomic E-state index is 5.82. The molecule has 0 spiro atoms.